The molecule has 0 aromatic heterocycles. The van der Waals surface area contributed by atoms with E-state index in [-0.39, 0.29) is 28.5 Å². The van der Waals surface area contributed by atoms with Crippen molar-refractivity contribution in [2.45, 2.75) is 12.8 Å². The van der Waals surface area contributed by atoms with E-state index in [2.05, 4.69) is 5.32 Å². The predicted molar refractivity (Wildman–Crippen MR) is 85.2 cm³/mol. The molecule has 0 saturated heterocycles. The fourth-order valence-electron chi connectivity index (χ4n) is 2.08. The van der Waals surface area contributed by atoms with Gasteiger partial charge < -0.3 is 10.4 Å². The van der Waals surface area contributed by atoms with Crippen LogP contribution in [-0.2, 0) is 17.6 Å². The molecule has 0 aliphatic rings. The average molecular weight is 336 g/mol. The summed E-state index contributed by atoms with van der Waals surface area (Å²) >= 11 is 5.88. The van der Waals surface area contributed by atoms with Gasteiger partial charge in [0, 0.05) is 17.1 Å². The van der Waals surface area contributed by atoms with Gasteiger partial charge in [0.1, 0.15) is 5.82 Å². The molecule has 120 valence electrons. The number of carbonyl (C=O) groups excluding carboxylic acids is 1. The minimum atomic E-state index is -0.980. The van der Waals surface area contributed by atoms with Crippen molar-refractivity contribution in [2.24, 2.45) is 0 Å². The minimum Gasteiger partial charge on any atom is -0.478 e. The summed E-state index contributed by atoms with van der Waals surface area (Å²) in [5.41, 5.74) is 1.30. The zero-order valence-corrected chi connectivity index (χ0v) is 12.9. The van der Waals surface area contributed by atoms with E-state index in [1.807, 2.05) is 0 Å². The Bertz CT molecular complexity index is 696. The molecule has 0 fully saturated rings. The summed E-state index contributed by atoms with van der Waals surface area (Å²) in [6.45, 7) is 0.372. The van der Waals surface area contributed by atoms with Gasteiger partial charge in [0.05, 0.1) is 12.0 Å². The van der Waals surface area contributed by atoms with E-state index < -0.39 is 11.8 Å². The molecule has 0 unspecified atom stereocenters. The number of carbonyl (C=O) groups is 2. The molecule has 6 heteroatoms. The van der Waals surface area contributed by atoms with E-state index in [9.17, 15) is 14.0 Å². The first-order valence-corrected chi connectivity index (χ1v) is 7.37. The zero-order valence-electron chi connectivity index (χ0n) is 12.2. The third kappa shape index (κ3) is 4.79. The number of rotatable bonds is 6. The highest BCUT2D eigenvalue weighted by Crippen LogP contribution is 2.19. The molecule has 2 rings (SSSR count). The van der Waals surface area contributed by atoms with Crippen molar-refractivity contribution in [3.05, 3.63) is 70.0 Å². The Morgan fingerprint density at radius 1 is 1.13 bits per heavy atom. The van der Waals surface area contributed by atoms with Crippen LogP contribution in [0.25, 0.3) is 0 Å². The van der Waals surface area contributed by atoms with Gasteiger partial charge in [0.2, 0.25) is 5.91 Å². The SMILES string of the molecule is O=C(Cc1c(F)cccc1Cl)NCCc1ccc(C(=O)O)cc1. The number of nitrogens with one attached hydrogen (secondary N) is 1. The van der Waals surface area contributed by atoms with Crippen LogP contribution >= 0.6 is 11.6 Å². The summed E-state index contributed by atoms with van der Waals surface area (Å²) in [7, 11) is 0. The van der Waals surface area contributed by atoms with Crippen LogP contribution in [0, 0.1) is 5.82 Å². The van der Waals surface area contributed by atoms with Crippen LogP contribution in [0.1, 0.15) is 21.5 Å². The van der Waals surface area contributed by atoms with Gasteiger partial charge in [-0.15, -0.1) is 0 Å². The number of benzene rings is 2. The summed E-state index contributed by atoms with van der Waals surface area (Å²) < 4.78 is 13.6. The lowest BCUT2D eigenvalue weighted by Crippen LogP contribution is -2.27. The summed E-state index contributed by atoms with van der Waals surface area (Å²) in [5.74, 6) is -1.80. The van der Waals surface area contributed by atoms with Crippen molar-refractivity contribution >= 4 is 23.5 Å². The molecule has 2 aromatic carbocycles. The first-order chi connectivity index (χ1) is 11.0. The van der Waals surface area contributed by atoms with Crippen molar-refractivity contribution in [1.29, 1.82) is 0 Å². The van der Waals surface area contributed by atoms with Gasteiger partial charge in [0.25, 0.3) is 0 Å². The topological polar surface area (TPSA) is 66.4 Å². The van der Waals surface area contributed by atoms with Gasteiger partial charge in [-0.2, -0.15) is 0 Å². The van der Waals surface area contributed by atoms with E-state index in [0.29, 0.717) is 13.0 Å². The maximum atomic E-state index is 13.6. The lowest BCUT2D eigenvalue weighted by atomic mass is 10.1. The largest absolute Gasteiger partial charge is 0.478 e. The molecular weight excluding hydrogens is 321 g/mol. The Morgan fingerprint density at radius 2 is 1.83 bits per heavy atom. The van der Waals surface area contributed by atoms with Gasteiger partial charge in [-0.3, -0.25) is 4.79 Å². The maximum absolute atomic E-state index is 13.6. The smallest absolute Gasteiger partial charge is 0.335 e. The third-order valence-electron chi connectivity index (χ3n) is 3.34. The van der Waals surface area contributed by atoms with Gasteiger partial charge in [-0.05, 0) is 36.2 Å². The normalized spacial score (nSPS) is 10.3. The molecule has 0 radical (unpaired) electrons. The molecule has 4 nitrogen and oxygen atoms in total. The number of aromatic carboxylic acids is 1. The van der Waals surface area contributed by atoms with Gasteiger partial charge in [0.15, 0.2) is 0 Å². The molecule has 0 saturated carbocycles. The van der Waals surface area contributed by atoms with Crippen molar-refractivity contribution in [3.63, 3.8) is 0 Å². The highest BCUT2D eigenvalue weighted by atomic mass is 35.5. The number of hydrogen-bond acceptors (Lipinski definition) is 2. The maximum Gasteiger partial charge on any atom is 0.335 e. The Morgan fingerprint density at radius 3 is 2.43 bits per heavy atom. The standard InChI is InChI=1S/C17H15ClFNO3/c18-14-2-1-3-15(19)13(14)10-16(21)20-9-8-11-4-6-12(7-5-11)17(22)23/h1-7H,8-10H2,(H,20,21)(H,22,23). The zero-order chi connectivity index (χ0) is 16.8. The molecule has 0 aliphatic carbocycles. The summed E-state index contributed by atoms with van der Waals surface area (Å²) in [6.07, 6.45) is 0.431. The molecule has 0 spiro atoms. The van der Waals surface area contributed by atoms with Crippen molar-refractivity contribution in [1.82, 2.24) is 5.32 Å². The van der Waals surface area contributed by atoms with Crippen LogP contribution < -0.4 is 5.32 Å². The first kappa shape index (κ1) is 17.0. The fraction of sp³-hybridized carbons (Fsp3) is 0.176. The quantitative estimate of drug-likeness (QED) is 0.852. The van der Waals surface area contributed by atoms with Crippen LogP contribution in [0.3, 0.4) is 0 Å². The molecule has 23 heavy (non-hydrogen) atoms. The van der Waals surface area contributed by atoms with Crippen LogP contribution in [0.15, 0.2) is 42.5 Å². The molecular formula is C17H15ClFNO3. The molecule has 1 amide bonds. The van der Waals surface area contributed by atoms with Crippen molar-refractivity contribution in [2.75, 3.05) is 6.54 Å². The van der Waals surface area contributed by atoms with E-state index in [0.717, 1.165) is 5.56 Å². The Kier molecular flexibility index (Phi) is 5.71. The van der Waals surface area contributed by atoms with E-state index >= 15 is 0 Å². The van der Waals surface area contributed by atoms with Crippen LogP contribution in [0.4, 0.5) is 4.39 Å². The Hall–Kier alpha value is -2.40. The van der Waals surface area contributed by atoms with E-state index in [1.54, 1.807) is 12.1 Å². The lowest BCUT2D eigenvalue weighted by molar-refractivity contribution is -0.120. The fourth-order valence-corrected chi connectivity index (χ4v) is 2.31. The second-order valence-corrected chi connectivity index (χ2v) is 5.39. The molecule has 0 aliphatic heterocycles. The van der Waals surface area contributed by atoms with E-state index in [1.165, 1.54) is 30.3 Å². The minimum absolute atomic E-state index is 0.122. The molecule has 0 bridgehead atoms. The van der Waals surface area contributed by atoms with Crippen LogP contribution in [0.5, 0.6) is 0 Å². The molecule has 0 heterocycles. The summed E-state index contributed by atoms with van der Waals surface area (Å²) in [6, 6.07) is 10.7. The number of carboxylic acid groups (broad SMARTS) is 1. The van der Waals surface area contributed by atoms with Gasteiger partial charge >= 0.3 is 5.97 Å². The van der Waals surface area contributed by atoms with Gasteiger partial charge in [-0.1, -0.05) is 29.8 Å². The summed E-state index contributed by atoms with van der Waals surface area (Å²) in [4.78, 5) is 22.6. The lowest BCUT2D eigenvalue weighted by Gasteiger charge is -2.08. The number of carboxylic acids is 1. The van der Waals surface area contributed by atoms with Gasteiger partial charge in [-0.25, -0.2) is 9.18 Å². The molecule has 2 aromatic rings. The Balaban J connectivity index is 1.84. The second kappa shape index (κ2) is 7.74. The number of halogens is 2. The third-order valence-corrected chi connectivity index (χ3v) is 3.69. The molecule has 0 atom stereocenters. The van der Waals surface area contributed by atoms with Crippen molar-refractivity contribution in [3.8, 4) is 0 Å². The second-order valence-electron chi connectivity index (χ2n) is 4.98. The predicted octanol–water partition coefficient (Wildman–Crippen LogP) is 3.08. The highest BCUT2D eigenvalue weighted by Gasteiger charge is 2.11. The number of hydrogen-bond donors (Lipinski definition) is 2. The van der Waals surface area contributed by atoms with Crippen LogP contribution in [-0.4, -0.2) is 23.5 Å². The summed E-state index contributed by atoms with van der Waals surface area (Å²) in [5, 5.41) is 11.7. The Labute approximate surface area is 137 Å². The van der Waals surface area contributed by atoms with Crippen molar-refractivity contribution < 1.29 is 19.1 Å². The molecule has 2 N–H and O–H groups in total. The average Bonchev–Trinajstić information content (AvgIpc) is 2.51. The number of amides is 1. The first-order valence-electron chi connectivity index (χ1n) is 6.99. The monoisotopic (exact) mass is 335 g/mol. The van der Waals surface area contributed by atoms with Crippen LogP contribution in [0.2, 0.25) is 5.02 Å². The highest BCUT2D eigenvalue weighted by molar-refractivity contribution is 6.31. The van der Waals surface area contributed by atoms with E-state index in [4.69, 9.17) is 16.7 Å².